The molecule has 133 valence electrons. The Morgan fingerprint density at radius 2 is 0.571 bits per heavy atom. The first-order chi connectivity index (χ1) is 9.66. The van der Waals surface area contributed by atoms with E-state index in [1.807, 2.05) is 27.7 Å². The topological polar surface area (TPSA) is 92.2 Å². The second-order valence-electron chi connectivity index (χ2n) is 4.23. The van der Waals surface area contributed by atoms with Gasteiger partial charge in [0.25, 0.3) is 0 Å². The number of rotatable bonds is 8. The van der Waals surface area contributed by atoms with Crippen LogP contribution in [0.25, 0.3) is 0 Å². The third kappa shape index (κ3) is 96.5. The fourth-order valence-electron chi connectivity index (χ4n) is 0.577. The fraction of sp³-hybridized carbons (Fsp3) is 1.00. The largest absolute Gasteiger partial charge is 0.854 e. The van der Waals surface area contributed by atoms with E-state index in [2.05, 4.69) is 0 Å². The molecule has 0 unspecified atom stereocenters. The van der Waals surface area contributed by atoms with Crippen LogP contribution in [0.4, 0.5) is 0 Å². The molecule has 0 heterocycles. The van der Waals surface area contributed by atoms with Gasteiger partial charge in [-0.25, -0.2) is 0 Å². The average molecular weight is 473 g/mol. The maximum atomic E-state index is 9.53. The molecule has 0 amide bonds. The van der Waals surface area contributed by atoms with E-state index in [-0.39, 0.29) is 48.8 Å². The van der Waals surface area contributed by atoms with Crippen LogP contribution in [-0.2, 0) is 22.4 Å². The molecule has 0 atom stereocenters. The summed E-state index contributed by atoms with van der Waals surface area (Å²) < 4.78 is 0. The molecule has 0 fully saturated rings. The molecule has 0 aromatic rings. The molecule has 0 aliphatic rings. The Kier molecular flexibility index (Phi) is 78.9. The van der Waals surface area contributed by atoms with Crippen molar-refractivity contribution < 1.29 is 42.8 Å². The van der Waals surface area contributed by atoms with E-state index >= 15 is 0 Å². The predicted octanol–water partition coefficient (Wildman–Crippen LogP) is 0.585. The molecule has 0 aliphatic carbocycles. The Hall–Kier alpha value is 0.580. The van der Waals surface area contributed by atoms with Crippen LogP contribution in [0.3, 0.4) is 0 Å². The summed E-state index contributed by atoms with van der Waals surface area (Å²) in [6.07, 6.45) is 7.46. The molecule has 0 aliphatic heterocycles. The molecule has 0 spiro atoms. The van der Waals surface area contributed by atoms with Crippen molar-refractivity contribution in [3.05, 3.63) is 0 Å². The van der Waals surface area contributed by atoms with E-state index in [4.69, 9.17) is 0 Å². The van der Waals surface area contributed by atoms with Crippen molar-refractivity contribution in [2.24, 2.45) is 0 Å². The zero-order chi connectivity index (χ0) is 16.5. The molecule has 0 rings (SSSR count). The van der Waals surface area contributed by atoms with Crippen molar-refractivity contribution in [3.8, 4) is 0 Å². The van der Waals surface area contributed by atoms with Crippen LogP contribution >= 0.6 is 0 Å². The molecule has 0 bridgehead atoms. The number of unbranched alkanes of at least 4 members (excludes halogenated alkanes) is 4. The van der Waals surface area contributed by atoms with Crippen molar-refractivity contribution in [2.45, 2.75) is 79.1 Å². The second kappa shape index (κ2) is 49.9. The van der Waals surface area contributed by atoms with Gasteiger partial charge in [-0.15, -0.1) is 26.4 Å². The Bertz CT molecular complexity index is 74.3. The first-order valence-electron chi connectivity index (χ1n) is 7.98. The summed E-state index contributed by atoms with van der Waals surface area (Å²) in [5.41, 5.74) is 0. The summed E-state index contributed by atoms with van der Waals surface area (Å²) in [5.74, 6) is 0. The van der Waals surface area contributed by atoms with Gasteiger partial charge in [0.1, 0.15) is 0 Å². The van der Waals surface area contributed by atoms with Crippen molar-refractivity contribution in [3.63, 3.8) is 0 Å². The Morgan fingerprint density at radius 3 is 0.571 bits per heavy atom. The second-order valence-corrected chi connectivity index (χ2v) is 4.23. The summed E-state index contributed by atoms with van der Waals surface area (Å²) in [4.78, 5) is 0. The summed E-state index contributed by atoms with van der Waals surface area (Å²) in [6.45, 7) is 8.42. The van der Waals surface area contributed by atoms with Crippen LogP contribution in [0.2, 0.25) is 0 Å². The van der Waals surface area contributed by atoms with Crippen LogP contribution in [-0.4, -0.2) is 26.4 Å². The molecular weight excluding hydrogens is 437 g/mol. The van der Waals surface area contributed by atoms with E-state index in [1.54, 1.807) is 0 Å². The van der Waals surface area contributed by atoms with E-state index < -0.39 is 0 Å². The van der Waals surface area contributed by atoms with Gasteiger partial charge in [-0.1, -0.05) is 79.1 Å². The minimum absolute atomic E-state index is 0. The van der Waals surface area contributed by atoms with Crippen molar-refractivity contribution in [2.75, 3.05) is 26.4 Å². The molecule has 0 aromatic heterocycles. The van der Waals surface area contributed by atoms with Crippen LogP contribution in [0, 0.1) is 0 Å². The molecule has 0 N–H and O–H groups in total. The van der Waals surface area contributed by atoms with Gasteiger partial charge in [0.2, 0.25) is 0 Å². The molecular formula is C16H36O4Ta-4. The molecule has 0 saturated heterocycles. The molecule has 4 nitrogen and oxygen atoms in total. The van der Waals surface area contributed by atoms with Crippen molar-refractivity contribution in [1.29, 1.82) is 0 Å². The summed E-state index contributed by atoms with van der Waals surface area (Å²) in [6, 6.07) is 0. The SMILES string of the molecule is CCCC[O-].CCCC[O-].CCCC[O-].CCCC[O-].[Ta]. The average Bonchev–Trinajstić information content (AvgIpc) is 2.44. The molecule has 0 aromatic carbocycles. The molecule has 5 heteroatoms. The van der Waals surface area contributed by atoms with Gasteiger partial charge < -0.3 is 20.4 Å². The van der Waals surface area contributed by atoms with Gasteiger partial charge in [-0.2, -0.15) is 0 Å². The summed E-state index contributed by atoms with van der Waals surface area (Å²) in [7, 11) is 0. The van der Waals surface area contributed by atoms with Gasteiger partial charge in [0, 0.05) is 22.4 Å². The van der Waals surface area contributed by atoms with Crippen molar-refractivity contribution in [1.82, 2.24) is 0 Å². The zero-order valence-corrected chi connectivity index (χ0v) is 17.8. The molecule has 1 radical (unpaired) electrons. The predicted molar refractivity (Wildman–Crippen MR) is 79.1 cm³/mol. The Labute approximate surface area is 148 Å². The fourth-order valence-corrected chi connectivity index (χ4v) is 0.577. The summed E-state index contributed by atoms with van der Waals surface area (Å²) in [5, 5.41) is 38.1. The van der Waals surface area contributed by atoms with Gasteiger partial charge in [0.15, 0.2) is 0 Å². The van der Waals surface area contributed by atoms with Crippen molar-refractivity contribution >= 4 is 0 Å². The van der Waals surface area contributed by atoms with Gasteiger partial charge >= 0.3 is 0 Å². The van der Waals surface area contributed by atoms with E-state index in [9.17, 15) is 20.4 Å². The maximum absolute atomic E-state index is 9.53. The Morgan fingerprint density at radius 1 is 0.429 bits per heavy atom. The first kappa shape index (κ1) is 33.2. The minimum atomic E-state index is 0. The van der Waals surface area contributed by atoms with Gasteiger partial charge in [-0.3, -0.25) is 0 Å². The quantitative estimate of drug-likeness (QED) is 0.516. The standard InChI is InChI=1S/4C4H9O.Ta/c4*1-2-3-4-5;/h4*2-4H2,1H3;/q4*-1;. The number of hydrogen-bond donors (Lipinski definition) is 0. The normalized spacial score (nSPS) is 8.00. The third-order valence-corrected chi connectivity index (χ3v) is 1.99. The van der Waals surface area contributed by atoms with E-state index in [0.717, 1.165) is 51.4 Å². The minimum Gasteiger partial charge on any atom is -0.854 e. The third-order valence-electron chi connectivity index (χ3n) is 1.99. The van der Waals surface area contributed by atoms with Crippen LogP contribution in [0.1, 0.15) is 79.1 Å². The smallest absolute Gasteiger partial charge is 0 e. The van der Waals surface area contributed by atoms with Gasteiger partial charge in [-0.05, 0) is 0 Å². The summed E-state index contributed by atoms with van der Waals surface area (Å²) >= 11 is 0. The zero-order valence-electron chi connectivity index (χ0n) is 14.6. The van der Waals surface area contributed by atoms with Crippen LogP contribution in [0.5, 0.6) is 0 Å². The number of hydrogen-bond acceptors (Lipinski definition) is 4. The van der Waals surface area contributed by atoms with Crippen LogP contribution < -0.4 is 20.4 Å². The van der Waals surface area contributed by atoms with E-state index in [1.165, 1.54) is 0 Å². The Balaban J connectivity index is -0.0000000533. The van der Waals surface area contributed by atoms with Gasteiger partial charge in [0.05, 0.1) is 0 Å². The molecule has 0 saturated carbocycles. The van der Waals surface area contributed by atoms with Crippen LogP contribution in [0.15, 0.2) is 0 Å². The maximum Gasteiger partial charge on any atom is 0 e. The van der Waals surface area contributed by atoms with E-state index in [0.29, 0.717) is 0 Å². The molecule has 21 heavy (non-hydrogen) atoms. The monoisotopic (exact) mass is 473 g/mol. The first-order valence-corrected chi connectivity index (χ1v) is 7.98.